The van der Waals surface area contributed by atoms with Crippen LogP contribution in [-0.2, 0) is 14.2 Å². The summed E-state index contributed by atoms with van der Waals surface area (Å²) >= 11 is 0. The summed E-state index contributed by atoms with van der Waals surface area (Å²) in [5, 5.41) is 0. The summed E-state index contributed by atoms with van der Waals surface area (Å²) in [6.07, 6.45) is 2.11. The highest BCUT2D eigenvalue weighted by Gasteiger charge is 2.44. The topological polar surface area (TPSA) is 81.4 Å². The number of nitrogens with two attached hydrogens (primary N) is 1. The summed E-state index contributed by atoms with van der Waals surface area (Å²) in [4.78, 5) is 0. The lowest BCUT2D eigenvalue weighted by atomic mass is 9.72. The molecule has 5 nitrogen and oxygen atoms in total. The molecule has 170 valence electrons. The van der Waals surface area contributed by atoms with Crippen molar-refractivity contribution in [3.05, 3.63) is 0 Å². The fourth-order valence-electron chi connectivity index (χ4n) is 3.24. The van der Waals surface area contributed by atoms with Gasteiger partial charge in [0.2, 0.25) is 0 Å². The molecule has 0 amide bonds. The molecule has 0 saturated heterocycles. The summed E-state index contributed by atoms with van der Waals surface area (Å²) in [5.41, 5.74) is 9.03. The Labute approximate surface area is 175 Å². The molecule has 0 fully saturated rings. The van der Waals surface area contributed by atoms with E-state index in [1.165, 1.54) is 0 Å². The van der Waals surface area contributed by atoms with E-state index in [2.05, 4.69) is 75.0 Å². The Bertz CT molecular complexity index is 445. The van der Waals surface area contributed by atoms with Crippen molar-refractivity contribution in [1.29, 1.82) is 0 Å². The maximum Gasteiger partial charge on any atom is 0.0977 e. The van der Waals surface area contributed by atoms with Crippen LogP contribution >= 0.6 is 0 Å². The van der Waals surface area contributed by atoms with Gasteiger partial charge in [-0.1, -0.05) is 27.7 Å². The van der Waals surface area contributed by atoms with Crippen molar-refractivity contribution in [2.24, 2.45) is 16.6 Å². The van der Waals surface area contributed by atoms with Gasteiger partial charge in [0.05, 0.1) is 43.2 Å². The molecule has 0 bridgehead atoms. The average molecular weight is 404 g/mol. The molecule has 0 aromatic heterocycles. The van der Waals surface area contributed by atoms with Gasteiger partial charge in [0.25, 0.3) is 0 Å². The van der Waals surface area contributed by atoms with Gasteiger partial charge in [0, 0.05) is 11.5 Å². The van der Waals surface area contributed by atoms with Crippen LogP contribution in [0.2, 0.25) is 0 Å². The Morgan fingerprint density at radius 2 is 1.29 bits per heavy atom. The van der Waals surface area contributed by atoms with Crippen LogP contribution in [0.15, 0.2) is 0 Å². The van der Waals surface area contributed by atoms with E-state index in [1.807, 2.05) is 6.92 Å². The van der Waals surface area contributed by atoms with Gasteiger partial charge >= 0.3 is 0 Å². The van der Waals surface area contributed by atoms with Crippen molar-refractivity contribution in [2.75, 3.05) is 19.8 Å². The Morgan fingerprint density at radius 3 is 1.75 bits per heavy atom. The van der Waals surface area contributed by atoms with E-state index < -0.39 is 0 Å². The zero-order valence-corrected chi connectivity index (χ0v) is 20.8. The predicted molar refractivity (Wildman–Crippen MR) is 118 cm³/mol. The normalized spacial score (nSPS) is 17.5. The van der Waals surface area contributed by atoms with Crippen molar-refractivity contribution < 1.29 is 19.9 Å². The van der Waals surface area contributed by atoms with E-state index in [0.29, 0.717) is 13.2 Å². The molecule has 0 aromatic rings. The molecule has 0 radical (unpaired) electrons. The minimum atomic E-state index is -0.297. The zero-order valence-electron chi connectivity index (χ0n) is 20.8. The molecular formula is C23H51N2O3+. The smallest absolute Gasteiger partial charge is 0.0977 e. The summed E-state index contributed by atoms with van der Waals surface area (Å²) < 4.78 is 18.8. The average Bonchev–Trinajstić information content (AvgIpc) is 2.49. The minimum absolute atomic E-state index is 0.0467. The highest BCUT2D eigenvalue weighted by Crippen LogP contribution is 2.42. The van der Waals surface area contributed by atoms with Gasteiger partial charge in [0.15, 0.2) is 0 Å². The van der Waals surface area contributed by atoms with Gasteiger partial charge in [-0.2, -0.15) is 0 Å². The molecule has 0 aliphatic heterocycles. The maximum absolute atomic E-state index is 6.52. The molecule has 0 rings (SSSR count). The fourth-order valence-corrected chi connectivity index (χ4v) is 3.24. The first-order chi connectivity index (χ1) is 12.5. The van der Waals surface area contributed by atoms with Gasteiger partial charge in [-0.25, -0.2) is 0 Å². The third-order valence-corrected chi connectivity index (χ3v) is 6.63. The van der Waals surface area contributed by atoms with Crippen molar-refractivity contribution >= 4 is 0 Å². The number of quaternary nitrogens is 1. The SMILES string of the molecule is CC(N)CC(C)OC(C)CC(C)(C)C(C)(C)OCC(C)(C)C(C)(C)OCC[NH3+]. The fraction of sp³-hybridized carbons (Fsp3) is 1.00. The van der Waals surface area contributed by atoms with Crippen LogP contribution in [0.5, 0.6) is 0 Å². The molecule has 28 heavy (non-hydrogen) atoms. The van der Waals surface area contributed by atoms with Crippen molar-refractivity contribution in [3.63, 3.8) is 0 Å². The maximum atomic E-state index is 6.52. The number of hydrogen-bond acceptors (Lipinski definition) is 4. The van der Waals surface area contributed by atoms with Gasteiger partial charge in [-0.15, -0.1) is 0 Å². The van der Waals surface area contributed by atoms with Crippen molar-refractivity contribution in [3.8, 4) is 0 Å². The Morgan fingerprint density at radius 1 is 0.786 bits per heavy atom. The summed E-state index contributed by atoms with van der Waals surface area (Å²) in [7, 11) is 0. The molecule has 3 unspecified atom stereocenters. The van der Waals surface area contributed by atoms with Crippen molar-refractivity contribution in [2.45, 2.75) is 118 Å². The third kappa shape index (κ3) is 8.66. The van der Waals surface area contributed by atoms with Gasteiger partial charge in [-0.3, -0.25) is 0 Å². The van der Waals surface area contributed by atoms with E-state index in [9.17, 15) is 0 Å². The van der Waals surface area contributed by atoms with Gasteiger partial charge < -0.3 is 25.7 Å². The molecule has 0 aromatic carbocycles. The van der Waals surface area contributed by atoms with Crippen LogP contribution in [0.25, 0.3) is 0 Å². The Hall–Kier alpha value is -0.200. The molecule has 0 spiro atoms. The molecule has 0 saturated carbocycles. The van der Waals surface area contributed by atoms with Crippen LogP contribution in [0.3, 0.4) is 0 Å². The van der Waals surface area contributed by atoms with E-state index in [-0.39, 0.29) is 40.3 Å². The second-order valence-electron chi connectivity index (χ2n) is 11.0. The first-order valence-electron chi connectivity index (χ1n) is 11.0. The molecule has 0 aliphatic rings. The number of ether oxygens (including phenoxy) is 3. The largest absolute Gasteiger partial charge is 0.375 e. The van der Waals surface area contributed by atoms with Crippen LogP contribution in [0, 0.1) is 10.8 Å². The third-order valence-electron chi connectivity index (χ3n) is 6.63. The first kappa shape index (κ1) is 27.8. The highest BCUT2D eigenvalue weighted by atomic mass is 16.5. The monoisotopic (exact) mass is 403 g/mol. The Balaban J connectivity index is 4.92. The van der Waals surface area contributed by atoms with Crippen molar-refractivity contribution in [1.82, 2.24) is 0 Å². The molecule has 5 N–H and O–H groups in total. The quantitative estimate of drug-likeness (QED) is 0.462. The second-order valence-corrected chi connectivity index (χ2v) is 11.0. The first-order valence-corrected chi connectivity index (χ1v) is 11.0. The molecule has 5 heteroatoms. The summed E-state index contributed by atoms with van der Waals surface area (Å²) in [6, 6.07) is 0.159. The van der Waals surface area contributed by atoms with E-state index >= 15 is 0 Å². The Kier molecular flexibility index (Phi) is 10.6. The van der Waals surface area contributed by atoms with Gasteiger partial charge in [0.1, 0.15) is 0 Å². The molecule has 0 heterocycles. The summed E-state index contributed by atoms with van der Waals surface area (Å²) in [5.74, 6) is 0. The van der Waals surface area contributed by atoms with Crippen LogP contribution in [-0.4, -0.2) is 49.2 Å². The predicted octanol–water partition coefficient (Wildman–Crippen LogP) is 3.79. The van der Waals surface area contributed by atoms with Gasteiger partial charge in [-0.05, 0) is 66.7 Å². The van der Waals surface area contributed by atoms with Crippen LogP contribution in [0.1, 0.15) is 89.0 Å². The molecular weight excluding hydrogens is 352 g/mol. The lowest BCUT2D eigenvalue weighted by molar-refractivity contribution is -0.379. The second kappa shape index (κ2) is 10.7. The zero-order chi connectivity index (χ0) is 22.4. The lowest BCUT2D eigenvalue weighted by Crippen LogP contribution is -2.55. The van der Waals surface area contributed by atoms with E-state index in [1.54, 1.807) is 0 Å². The van der Waals surface area contributed by atoms with E-state index in [0.717, 1.165) is 19.4 Å². The van der Waals surface area contributed by atoms with Crippen LogP contribution < -0.4 is 11.5 Å². The minimum Gasteiger partial charge on any atom is -0.375 e. The van der Waals surface area contributed by atoms with E-state index in [4.69, 9.17) is 19.9 Å². The number of rotatable bonds is 14. The lowest BCUT2D eigenvalue weighted by Gasteiger charge is -2.47. The summed E-state index contributed by atoms with van der Waals surface area (Å²) in [6.45, 7) is 25.9. The number of hydrogen-bond donors (Lipinski definition) is 2. The standard InChI is InChI=1S/C23H50N2O3/c1-17(25)14-18(2)28-19(3)15-20(4,5)22(8,9)27-16-21(6,7)23(10,11)26-13-12-24/h17-19H,12-16,24-25H2,1-11H3/p+1. The molecule has 3 atom stereocenters. The highest BCUT2D eigenvalue weighted by molar-refractivity contribution is 4.93. The molecule has 0 aliphatic carbocycles. The van der Waals surface area contributed by atoms with Crippen LogP contribution in [0.4, 0.5) is 0 Å².